The van der Waals surface area contributed by atoms with Crippen LogP contribution in [-0.4, -0.2) is 17.0 Å². The van der Waals surface area contributed by atoms with Gasteiger partial charge in [-0.15, -0.1) is 0 Å². The minimum Gasteiger partial charge on any atom is -0.355 e. The first-order valence-electron chi connectivity index (χ1n) is 7.88. The van der Waals surface area contributed by atoms with Gasteiger partial charge in [0.1, 0.15) is 0 Å². The molecule has 0 unspecified atom stereocenters. The van der Waals surface area contributed by atoms with Crippen molar-refractivity contribution in [3.05, 3.63) is 70.9 Å². The average Bonchev–Trinajstić information content (AvgIpc) is 3.10. The number of nitrogens with one attached hydrogen (secondary N) is 2. The fourth-order valence-corrected chi connectivity index (χ4v) is 2.59. The van der Waals surface area contributed by atoms with Gasteiger partial charge in [0.25, 0.3) is 5.91 Å². The Morgan fingerprint density at radius 2 is 1.92 bits per heavy atom. The lowest BCUT2D eigenvalue weighted by Gasteiger charge is -2.06. The van der Waals surface area contributed by atoms with Crippen molar-refractivity contribution in [2.24, 2.45) is 0 Å². The van der Waals surface area contributed by atoms with Gasteiger partial charge in [-0.1, -0.05) is 41.0 Å². The second kappa shape index (κ2) is 7.84. The highest BCUT2D eigenvalue weighted by molar-refractivity contribution is 6.30. The molecule has 2 aromatic carbocycles. The molecule has 26 heavy (non-hydrogen) atoms. The molecular weight excluding hydrogens is 354 g/mol. The molecule has 0 bridgehead atoms. The molecule has 0 aliphatic carbocycles. The second-order valence-corrected chi connectivity index (χ2v) is 6.09. The summed E-state index contributed by atoms with van der Waals surface area (Å²) in [7, 11) is 0. The van der Waals surface area contributed by atoms with Crippen molar-refractivity contribution in [3.63, 3.8) is 0 Å². The third-order valence-corrected chi connectivity index (χ3v) is 3.79. The van der Waals surface area contributed by atoms with Crippen molar-refractivity contribution in [2.45, 2.75) is 13.5 Å². The number of hydrogen-bond donors (Lipinski definition) is 2. The maximum Gasteiger partial charge on any atom is 0.273 e. The largest absolute Gasteiger partial charge is 0.355 e. The summed E-state index contributed by atoms with van der Waals surface area (Å²) >= 11 is 5.96. The summed E-state index contributed by atoms with van der Waals surface area (Å²) in [6.07, 6.45) is 0. The van der Waals surface area contributed by atoms with Gasteiger partial charge in [-0.25, -0.2) is 0 Å². The minimum atomic E-state index is -0.355. The van der Waals surface area contributed by atoms with Crippen LogP contribution in [0, 0.1) is 0 Å². The number of halogens is 1. The third-order valence-electron chi connectivity index (χ3n) is 3.55. The van der Waals surface area contributed by atoms with E-state index in [1.807, 2.05) is 12.1 Å². The Labute approximate surface area is 155 Å². The van der Waals surface area contributed by atoms with Crippen LogP contribution in [0.2, 0.25) is 5.02 Å². The highest BCUT2D eigenvalue weighted by Gasteiger charge is 2.13. The van der Waals surface area contributed by atoms with Crippen LogP contribution in [0.15, 0.2) is 59.1 Å². The Morgan fingerprint density at radius 1 is 1.12 bits per heavy atom. The zero-order chi connectivity index (χ0) is 18.5. The summed E-state index contributed by atoms with van der Waals surface area (Å²) in [5, 5.41) is 9.85. The molecule has 1 aromatic heterocycles. The quantitative estimate of drug-likeness (QED) is 0.714. The molecule has 7 heteroatoms. The lowest BCUT2D eigenvalue weighted by molar-refractivity contribution is -0.114. The van der Waals surface area contributed by atoms with E-state index in [2.05, 4.69) is 15.8 Å². The van der Waals surface area contributed by atoms with Crippen molar-refractivity contribution >= 4 is 29.1 Å². The zero-order valence-corrected chi connectivity index (χ0v) is 14.7. The fraction of sp³-hybridized carbons (Fsp3) is 0.105. The third kappa shape index (κ3) is 4.49. The van der Waals surface area contributed by atoms with Crippen molar-refractivity contribution in [2.75, 3.05) is 5.32 Å². The summed E-state index contributed by atoms with van der Waals surface area (Å²) in [5.41, 5.74) is 2.45. The predicted octanol–water partition coefficient (Wildman–Crippen LogP) is 3.88. The fourth-order valence-electron chi connectivity index (χ4n) is 2.40. The maximum atomic E-state index is 12.3. The van der Waals surface area contributed by atoms with Crippen LogP contribution < -0.4 is 10.6 Å². The molecule has 0 fully saturated rings. The number of amides is 2. The maximum absolute atomic E-state index is 12.3. The number of nitrogens with zero attached hydrogens (tertiary/aromatic N) is 1. The molecule has 0 saturated heterocycles. The Hall–Kier alpha value is -3.12. The topological polar surface area (TPSA) is 84.2 Å². The molecule has 0 aliphatic heterocycles. The molecule has 3 rings (SSSR count). The van der Waals surface area contributed by atoms with Crippen LogP contribution in [0.1, 0.15) is 23.0 Å². The van der Waals surface area contributed by atoms with Gasteiger partial charge in [0.15, 0.2) is 11.5 Å². The molecule has 2 amide bonds. The molecule has 6 nitrogen and oxygen atoms in total. The normalized spacial score (nSPS) is 10.4. The van der Waals surface area contributed by atoms with Gasteiger partial charge in [0.05, 0.1) is 0 Å². The van der Waals surface area contributed by atoms with Crippen molar-refractivity contribution in [3.8, 4) is 11.3 Å². The second-order valence-electron chi connectivity index (χ2n) is 5.65. The summed E-state index contributed by atoms with van der Waals surface area (Å²) in [6.45, 7) is 1.74. The van der Waals surface area contributed by atoms with Gasteiger partial charge in [-0.3, -0.25) is 9.59 Å². The first kappa shape index (κ1) is 17.7. The average molecular weight is 370 g/mol. The molecule has 132 valence electrons. The molecule has 0 atom stereocenters. The van der Waals surface area contributed by atoms with Crippen LogP contribution in [0.25, 0.3) is 11.3 Å². The van der Waals surface area contributed by atoms with Crippen molar-refractivity contribution in [1.29, 1.82) is 0 Å². The summed E-state index contributed by atoms with van der Waals surface area (Å²) in [5.74, 6) is -0.0420. The summed E-state index contributed by atoms with van der Waals surface area (Å²) in [6, 6.07) is 15.9. The van der Waals surface area contributed by atoms with E-state index in [1.54, 1.807) is 42.5 Å². The number of carbonyl (C=O) groups excluding carboxylic acids is 2. The van der Waals surface area contributed by atoms with Crippen LogP contribution in [-0.2, 0) is 11.3 Å². The van der Waals surface area contributed by atoms with Crippen molar-refractivity contribution < 1.29 is 14.1 Å². The van der Waals surface area contributed by atoms with E-state index in [0.717, 1.165) is 11.1 Å². The Balaban J connectivity index is 1.65. The number of anilines is 1. The van der Waals surface area contributed by atoms with E-state index in [1.165, 1.54) is 6.92 Å². The molecule has 0 saturated carbocycles. The van der Waals surface area contributed by atoms with Gasteiger partial charge in [0.2, 0.25) is 5.91 Å². The van der Waals surface area contributed by atoms with Gasteiger partial charge >= 0.3 is 0 Å². The molecule has 1 heterocycles. The first-order chi connectivity index (χ1) is 12.5. The smallest absolute Gasteiger partial charge is 0.273 e. The molecule has 3 aromatic rings. The molecule has 0 spiro atoms. The zero-order valence-electron chi connectivity index (χ0n) is 14.0. The van der Waals surface area contributed by atoms with Gasteiger partial charge in [0, 0.05) is 35.8 Å². The van der Waals surface area contributed by atoms with E-state index < -0.39 is 0 Å². The van der Waals surface area contributed by atoms with E-state index in [9.17, 15) is 9.59 Å². The standard InChI is InChI=1S/C19H16ClN3O3/c1-12(24)22-16-7-2-4-13(8-16)11-21-19(25)17-10-18(26-23-17)14-5-3-6-15(20)9-14/h2-10H,11H2,1H3,(H,21,25)(H,22,24). The van der Waals surface area contributed by atoms with Crippen LogP contribution in [0.5, 0.6) is 0 Å². The van der Waals surface area contributed by atoms with E-state index in [4.69, 9.17) is 16.1 Å². The van der Waals surface area contributed by atoms with Crippen molar-refractivity contribution in [1.82, 2.24) is 10.5 Å². The van der Waals surface area contributed by atoms with E-state index in [0.29, 0.717) is 23.0 Å². The molecular formula is C19H16ClN3O3. The van der Waals surface area contributed by atoms with Gasteiger partial charge in [-0.05, 0) is 29.8 Å². The van der Waals surface area contributed by atoms with Gasteiger partial charge < -0.3 is 15.2 Å². The SMILES string of the molecule is CC(=O)Nc1cccc(CNC(=O)c2cc(-c3cccc(Cl)c3)on2)c1. The summed E-state index contributed by atoms with van der Waals surface area (Å²) < 4.78 is 5.22. The lowest BCUT2D eigenvalue weighted by atomic mass is 10.1. The Morgan fingerprint density at radius 3 is 2.69 bits per heavy atom. The van der Waals surface area contributed by atoms with Crippen LogP contribution >= 0.6 is 11.6 Å². The molecule has 2 N–H and O–H groups in total. The monoisotopic (exact) mass is 369 g/mol. The molecule has 0 aliphatic rings. The van der Waals surface area contributed by atoms with E-state index in [-0.39, 0.29) is 17.5 Å². The highest BCUT2D eigenvalue weighted by Crippen LogP contribution is 2.23. The Bertz CT molecular complexity index is 952. The highest BCUT2D eigenvalue weighted by atomic mass is 35.5. The Kier molecular flexibility index (Phi) is 5.34. The van der Waals surface area contributed by atoms with Crippen LogP contribution in [0.3, 0.4) is 0 Å². The van der Waals surface area contributed by atoms with Crippen LogP contribution in [0.4, 0.5) is 5.69 Å². The minimum absolute atomic E-state index is 0.151. The number of benzene rings is 2. The molecule has 0 radical (unpaired) electrons. The number of aromatic nitrogens is 1. The number of hydrogen-bond acceptors (Lipinski definition) is 4. The number of rotatable bonds is 5. The predicted molar refractivity (Wildman–Crippen MR) is 98.9 cm³/mol. The number of carbonyl (C=O) groups is 2. The first-order valence-corrected chi connectivity index (χ1v) is 8.26. The summed E-state index contributed by atoms with van der Waals surface area (Å²) in [4.78, 5) is 23.4. The van der Waals surface area contributed by atoms with E-state index >= 15 is 0 Å². The van der Waals surface area contributed by atoms with Gasteiger partial charge in [-0.2, -0.15) is 0 Å². The lowest BCUT2D eigenvalue weighted by Crippen LogP contribution is -2.23.